The molecule has 1 saturated carbocycles. The molecule has 0 aliphatic heterocycles. The zero-order valence-electron chi connectivity index (χ0n) is 13.5. The topological polar surface area (TPSA) is 73.9 Å². The first-order chi connectivity index (χ1) is 11.1. The molecule has 1 aliphatic rings. The molecular weight excluding hydrogens is 318 g/mol. The van der Waals surface area contributed by atoms with Crippen molar-refractivity contribution in [3.05, 3.63) is 24.3 Å². The second-order valence-electron chi connectivity index (χ2n) is 5.65. The molecule has 0 aromatic heterocycles. The van der Waals surface area contributed by atoms with E-state index in [9.17, 15) is 8.42 Å². The number of hydrogen-bond acceptors (Lipinski definition) is 5. The summed E-state index contributed by atoms with van der Waals surface area (Å²) in [5, 5.41) is 0. The van der Waals surface area contributed by atoms with E-state index in [2.05, 4.69) is 4.72 Å². The summed E-state index contributed by atoms with van der Waals surface area (Å²) in [6.07, 6.45) is 3.89. The van der Waals surface area contributed by atoms with Crippen LogP contribution >= 0.6 is 0 Å². The highest BCUT2D eigenvalue weighted by Gasteiger charge is 2.22. The van der Waals surface area contributed by atoms with Crippen LogP contribution in [0.4, 0.5) is 0 Å². The molecule has 0 atom stereocenters. The molecule has 1 aromatic rings. The molecule has 0 radical (unpaired) electrons. The predicted molar refractivity (Wildman–Crippen MR) is 86.9 cm³/mol. The molecular formula is C16H25NO5S. The van der Waals surface area contributed by atoms with Gasteiger partial charge in [0.2, 0.25) is 10.0 Å². The van der Waals surface area contributed by atoms with Crippen molar-refractivity contribution >= 4 is 10.0 Å². The van der Waals surface area contributed by atoms with Gasteiger partial charge in [-0.1, -0.05) is 6.07 Å². The summed E-state index contributed by atoms with van der Waals surface area (Å²) >= 11 is 0. The second kappa shape index (κ2) is 9.22. The lowest BCUT2D eigenvalue weighted by atomic mass is 10.3. The average Bonchev–Trinajstić information content (AvgIpc) is 3.37. The molecule has 0 saturated heterocycles. The van der Waals surface area contributed by atoms with Crippen molar-refractivity contribution in [1.29, 1.82) is 0 Å². The maximum Gasteiger partial charge on any atom is 0.240 e. The number of unbranched alkanes of at least 4 members (excludes halogenated alkanes) is 1. The summed E-state index contributed by atoms with van der Waals surface area (Å²) in [6, 6.07) is 6.64. The first kappa shape index (κ1) is 18.2. The van der Waals surface area contributed by atoms with Gasteiger partial charge < -0.3 is 14.2 Å². The lowest BCUT2D eigenvalue weighted by Crippen LogP contribution is -2.25. The summed E-state index contributed by atoms with van der Waals surface area (Å²) in [7, 11) is -1.93. The van der Waals surface area contributed by atoms with Crippen LogP contribution in [0.5, 0.6) is 5.75 Å². The lowest BCUT2D eigenvalue weighted by molar-refractivity contribution is -0.0313. The van der Waals surface area contributed by atoms with Crippen molar-refractivity contribution in [2.75, 3.05) is 33.7 Å². The van der Waals surface area contributed by atoms with E-state index in [1.807, 2.05) is 0 Å². The number of ether oxygens (including phenoxy) is 3. The SMILES string of the molecule is COCOCCCCNS(=O)(=O)c1cccc(OCC2CC2)c1. The van der Waals surface area contributed by atoms with Crippen LogP contribution in [0.1, 0.15) is 25.7 Å². The van der Waals surface area contributed by atoms with E-state index in [4.69, 9.17) is 14.2 Å². The maximum atomic E-state index is 12.3. The van der Waals surface area contributed by atoms with Gasteiger partial charge in [0.25, 0.3) is 0 Å². The van der Waals surface area contributed by atoms with Crippen LogP contribution in [0.2, 0.25) is 0 Å². The van der Waals surface area contributed by atoms with Crippen LogP contribution in [0, 0.1) is 5.92 Å². The third-order valence-corrected chi connectivity index (χ3v) is 4.97. The van der Waals surface area contributed by atoms with E-state index in [0.29, 0.717) is 37.8 Å². The van der Waals surface area contributed by atoms with Crippen molar-refractivity contribution in [3.8, 4) is 5.75 Å². The second-order valence-corrected chi connectivity index (χ2v) is 7.42. The Morgan fingerprint density at radius 3 is 2.83 bits per heavy atom. The average molecular weight is 343 g/mol. The van der Waals surface area contributed by atoms with Crippen molar-refractivity contribution in [2.24, 2.45) is 5.92 Å². The Morgan fingerprint density at radius 2 is 2.09 bits per heavy atom. The Kier molecular flexibility index (Phi) is 7.29. The van der Waals surface area contributed by atoms with Gasteiger partial charge in [-0.3, -0.25) is 0 Å². The number of methoxy groups -OCH3 is 1. The van der Waals surface area contributed by atoms with E-state index in [0.717, 1.165) is 6.42 Å². The maximum absolute atomic E-state index is 12.3. The molecule has 1 aromatic carbocycles. The first-order valence-corrected chi connectivity index (χ1v) is 9.39. The van der Waals surface area contributed by atoms with E-state index < -0.39 is 10.0 Å². The Morgan fingerprint density at radius 1 is 1.26 bits per heavy atom. The highest BCUT2D eigenvalue weighted by molar-refractivity contribution is 7.89. The van der Waals surface area contributed by atoms with E-state index in [-0.39, 0.29) is 11.7 Å². The zero-order valence-corrected chi connectivity index (χ0v) is 14.3. The minimum Gasteiger partial charge on any atom is -0.493 e. The first-order valence-electron chi connectivity index (χ1n) is 7.91. The van der Waals surface area contributed by atoms with Crippen LogP contribution in [-0.2, 0) is 19.5 Å². The standard InChI is InChI=1S/C16H25NO5S/c1-20-13-21-10-3-2-9-17-23(18,19)16-6-4-5-15(11-16)22-12-14-7-8-14/h4-6,11,14,17H,2-3,7-10,12-13H2,1H3. The Balaban J connectivity index is 1.75. The number of nitrogens with one attached hydrogen (secondary N) is 1. The summed E-state index contributed by atoms with van der Waals surface area (Å²) in [6.45, 7) is 1.86. The van der Waals surface area contributed by atoms with Gasteiger partial charge in [0, 0.05) is 26.3 Å². The van der Waals surface area contributed by atoms with E-state index in [1.54, 1.807) is 31.4 Å². The fourth-order valence-electron chi connectivity index (χ4n) is 1.99. The zero-order chi connectivity index (χ0) is 16.5. The quantitative estimate of drug-likeness (QED) is 0.465. The number of hydrogen-bond donors (Lipinski definition) is 1. The van der Waals surface area contributed by atoms with Gasteiger partial charge >= 0.3 is 0 Å². The molecule has 0 unspecified atom stereocenters. The van der Waals surface area contributed by atoms with Crippen molar-refractivity contribution in [3.63, 3.8) is 0 Å². The van der Waals surface area contributed by atoms with Crippen LogP contribution in [0.25, 0.3) is 0 Å². The Hall–Kier alpha value is -1.15. The minimum atomic E-state index is -3.50. The largest absolute Gasteiger partial charge is 0.493 e. The summed E-state index contributed by atoms with van der Waals surface area (Å²) in [4.78, 5) is 0.237. The molecule has 7 heteroatoms. The molecule has 1 aliphatic carbocycles. The van der Waals surface area contributed by atoms with Crippen molar-refractivity contribution in [1.82, 2.24) is 4.72 Å². The molecule has 0 amide bonds. The fraction of sp³-hybridized carbons (Fsp3) is 0.625. The smallest absolute Gasteiger partial charge is 0.240 e. The Labute approximate surface area is 138 Å². The minimum absolute atomic E-state index is 0.237. The van der Waals surface area contributed by atoms with Crippen LogP contribution in [-0.4, -0.2) is 42.1 Å². The van der Waals surface area contributed by atoms with Gasteiger partial charge in [-0.2, -0.15) is 0 Å². The van der Waals surface area contributed by atoms with Crippen molar-refractivity contribution in [2.45, 2.75) is 30.6 Å². The molecule has 23 heavy (non-hydrogen) atoms. The molecule has 2 rings (SSSR count). The van der Waals surface area contributed by atoms with Gasteiger partial charge in [0.1, 0.15) is 12.5 Å². The normalized spacial score (nSPS) is 14.8. The molecule has 0 heterocycles. The fourth-order valence-corrected chi connectivity index (χ4v) is 3.10. The number of sulfonamides is 1. The van der Waals surface area contributed by atoms with Crippen molar-refractivity contribution < 1.29 is 22.6 Å². The molecule has 0 bridgehead atoms. The molecule has 1 fully saturated rings. The predicted octanol–water partition coefficient (Wildman–Crippen LogP) is 2.15. The molecule has 1 N–H and O–H groups in total. The van der Waals surface area contributed by atoms with Crippen LogP contribution < -0.4 is 9.46 Å². The van der Waals surface area contributed by atoms with Gasteiger partial charge in [-0.25, -0.2) is 13.1 Å². The van der Waals surface area contributed by atoms with Gasteiger partial charge in [-0.15, -0.1) is 0 Å². The lowest BCUT2D eigenvalue weighted by Gasteiger charge is -2.09. The summed E-state index contributed by atoms with van der Waals surface area (Å²) in [5.41, 5.74) is 0. The van der Waals surface area contributed by atoms with Gasteiger partial charge in [0.15, 0.2) is 0 Å². The van der Waals surface area contributed by atoms with Crippen LogP contribution in [0.15, 0.2) is 29.2 Å². The summed E-state index contributed by atoms with van der Waals surface area (Å²) < 4.78 is 42.6. The van der Waals surface area contributed by atoms with E-state index in [1.165, 1.54) is 12.8 Å². The van der Waals surface area contributed by atoms with Crippen LogP contribution in [0.3, 0.4) is 0 Å². The highest BCUT2D eigenvalue weighted by Crippen LogP contribution is 2.29. The highest BCUT2D eigenvalue weighted by atomic mass is 32.2. The molecule has 130 valence electrons. The monoisotopic (exact) mass is 343 g/mol. The Bertz CT molecular complexity index is 572. The number of benzene rings is 1. The number of rotatable bonds is 12. The van der Waals surface area contributed by atoms with Gasteiger partial charge in [-0.05, 0) is 43.7 Å². The van der Waals surface area contributed by atoms with E-state index >= 15 is 0 Å². The van der Waals surface area contributed by atoms with Gasteiger partial charge in [0.05, 0.1) is 11.5 Å². The third-order valence-electron chi connectivity index (χ3n) is 3.51. The third kappa shape index (κ3) is 6.87. The molecule has 0 spiro atoms. The summed E-state index contributed by atoms with van der Waals surface area (Å²) in [5.74, 6) is 1.24. The molecule has 6 nitrogen and oxygen atoms in total.